The molecule has 0 aliphatic rings. The highest BCUT2D eigenvalue weighted by Gasteiger charge is 2.30. The molecule has 0 heterocycles. The highest BCUT2D eigenvalue weighted by atomic mass is 19.4. The largest absolute Gasteiger partial charge is 0.397 e. The lowest BCUT2D eigenvalue weighted by Crippen LogP contribution is -2.24. The van der Waals surface area contributed by atoms with E-state index in [0.29, 0.717) is 11.3 Å². The number of nitrogens with two attached hydrogens (primary N) is 1. The summed E-state index contributed by atoms with van der Waals surface area (Å²) < 4.78 is 36.3. The van der Waals surface area contributed by atoms with Crippen molar-refractivity contribution in [3.05, 3.63) is 23.8 Å². The van der Waals surface area contributed by atoms with Crippen molar-refractivity contribution >= 4 is 11.4 Å². The van der Waals surface area contributed by atoms with Crippen LogP contribution in [0.5, 0.6) is 0 Å². The predicted octanol–water partition coefficient (Wildman–Crippen LogP) is 2.89. The van der Waals surface area contributed by atoms with Crippen LogP contribution >= 0.6 is 0 Å². The van der Waals surface area contributed by atoms with Crippen LogP contribution in [0.25, 0.3) is 0 Å². The molecule has 1 aromatic rings. The summed E-state index contributed by atoms with van der Waals surface area (Å²) in [5, 5.41) is 11.3. The lowest BCUT2D eigenvalue weighted by atomic mass is 10.1. The standard InChI is InChI=1S/C11H12F3N3/c1-7(5-11(12,13)14)17-10-3-2-8(6-15)4-9(10)16/h2-4,7,17H,5,16H2,1H3. The van der Waals surface area contributed by atoms with E-state index in [1.54, 1.807) is 0 Å². The number of anilines is 2. The Labute approximate surface area is 97.0 Å². The molecule has 1 atom stereocenters. The first-order chi connectivity index (χ1) is 7.81. The van der Waals surface area contributed by atoms with E-state index in [4.69, 9.17) is 11.0 Å². The summed E-state index contributed by atoms with van der Waals surface area (Å²) in [7, 11) is 0. The third-order valence-electron chi connectivity index (χ3n) is 2.12. The molecule has 6 heteroatoms. The summed E-state index contributed by atoms with van der Waals surface area (Å²) >= 11 is 0. The number of alkyl halides is 3. The minimum absolute atomic E-state index is 0.262. The molecule has 1 unspecified atom stereocenters. The maximum Gasteiger partial charge on any atom is 0.391 e. The number of nitriles is 1. The summed E-state index contributed by atoms with van der Waals surface area (Å²) in [6.45, 7) is 1.42. The van der Waals surface area contributed by atoms with E-state index in [9.17, 15) is 13.2 Å². The maximum absolute atomic E-state index is 12.1. The number of benzene rings is 1. The molecule has 3 nitrogen and oxygen atoms in total. The van der Waals surface area contributed by atoms with Crippen LogP contribution in [-0.4, -0.2) is 12.2 Å². The third-order valence-corrected chi connectivity index (χ3v) is 2.12. The normalized spacial score (nSPS) is 12.9. The van der Waals surface area contributed by atoms with Crippen molar-refractivity contribution in [2.45, 2.75) is 25.6 Å². The van der Waals surface area contributed by atoms with Gasteiger partial charge in [0.1, 0.15) is 0 Å². The molecule has 0 saturated carbocycles. The fraction of sp³-hybridized carbons (Fsp3) is 0.364. The van der Waals surface area contributed by atoms with Gasteiger partial charge in [0.05, 0.1) is 29.4 Å². The van der Waals surface area contributed by atoms with Gasteiger partial charge in [-0.05, 0) is 25.1 Å². The number of halogens is 3. The summed E-state index contributed by atoms with van der Waals surface area (Å²) in [6.07, 6.45) is -5.15. The number of hydrogen-bond donors (Lipinski definition) is 2. The summed E-state index contributed by atoms with van der Waals surface area (Å²) in [6, 6.07) is 5.54. The van der Waals surface area contributed by atoms with Crippen LogP contribution < -0.4 is 11.1 Å². The Bertz CT molecular complexity index is 435. The van der Waals surface area contributed by atoms with Gasteiger partial charge in [-0.15, -0.1) is 0 Å². The van der Waals surface area contributed by atoms with Crippen molar-refractivity contribution < 1.29 is 13.2 Å². The monoisotopic (exact) mass is 243 g/mol. The zero-order chi connectivity index (χ0) is 13.1. The molecule has 0 spiro atoms. The molecular formula is C11H12F3N3. The summed E-state index contributed by atoms with van der Waals surface area (Å²) in [5.74, 6) is 0. The Kier molecular flexibility index (Phi) is 3.84. The maximum atomic E-state index is 12.1. The van der Waals surface area contributed by atoms with Crippen LogP contribution in [-0.2, 0) is 0 Å². The fourth-order valence-electron chi connectivity index (χ4n) is 1.43. The fourth-order valence-corrected chi connectivity index (χ4v) is 1.43. The SMILES string of the molecule is CC(CC(F)(F)F)Nc1ccc(C#N)cc1N. The number of rotatable bonds is 3. The number of nitrogen functional groups attached to an aromatic ring is 1. The van der Waals surface area contributed by atoms with Crippen molar-refractivity contribution in [3.8, 4) is 6.07 Å². The van der Waals surface area contributed by atoms with Crippen molar-refractivity contribution in [1.29, 1.82) is 5.26 Å². The van der Waals surface area contributed by atoms with Gasteiger partial charge in [-0.2, -0.15) is 18.4 Å². The zero-order valence-electron chi connectivity index (χ0n) is 9.17. The molecule has 1 rings (SSSR count). The Balaban J connectivity index is 2.73. The van der Waals surface area contributed by atoms with E-state index in [2.05, 4.69) is 5.32 Å². The number of nitrogens with zero attached hydrogens (tertiary/aromatic N) is 1. The topological polar surface area (TPSA) is 61.8 Å². The van der Waals surface area contributed by atoms with E-state index in [1.165, 1.54) is 25.1 Å². The molecule has 1 aromatic carbocycles. The minimum atomic E-state index is -4.21. The van der Waals surface area contributed by atoms with E-state index >= 15 is 0 Å². The van der Waals surface area contributed by atoms with Crippen LogP contribution in [0.15, 0.2) is 18.2 Å². The highest BCUT2D eigenvalue weighted by molar-refractivity contribution is 5.68. The van der Waals surface area contributed by atoms with Crippen LogP contribution in [0, 0.1) is 11.3 Å². The molecule has 0 fully saturated rings. The molecule has 0 radical (unpaired) electrons. The molecule has 0 aliphatic carbocycles. The smallest absolute Gasteiger partial charge is 0.391 e. The summed E-state index contributed by atoms with van der Waals surface area (Å²) in [5.41, 5.74) is 6.65. The second-order valence-corrected chi connectivity index (χ2v) is 3.78. The van der Waals surface area contributed by atoms with Crippen LogP contribution in [0.3, 0.4) is 0 Å². The average molecular weight is 243 g/mol. The molecule has 0 bridgehead atoms. The van der Waals surface area contributed by atoms with Crippen LogP contribution in [0.2, 0.25) is 0 Å². The lowest BCUT2D eigenvalue weighted by Gasteiger charge is -2.18. The van der Waals surface area contributed by atoms with Gasteiger partial charge in [0, 0.05) is 6.04 Å². The van der Waals surface area contributed by atoms with Gasteiger partial charge in [-0.1, -0.05) is 0 Å². The first kappa shape index (κ1) is 13.2. The Morgan fingerprint density at radius 2 is 2.12 bits per heavy atom. The van der Waals surface area contributed by atoms with Gasteiger partial charge < -0.3 is 11.1 Å². The first-order valence-corrected chi connectivity index (χ1v) is 4.95. The Hall–Kier alpha value is -1.90. The van der Waals surface area contributed by atoms with Gasteiger partial charge in [0.25, 0.3) is 0 Å². The highest BCUT2D eigenvalue weighted by Crippen LogP contribution is 2.25. The van der Waals surface area contributed by atoms with E-state index in [1.807, 2.05) is 6.07 Å². The van der Waals surface area contributed by atoms with E-state index in [-0.39, 0.29) is 5.69 Å². The second kappa shape index (κ2) is 4.95. The van der Waals surface area contributed by atoms with E-state index in [0.717, 1.165) is 0 Å². The van der Waals surface area contributed by atoms with Gasteiger partial charge in [-0.3, -0.25) is 0 Å². The minimum Gasteiger partial charge on any atom is -0.397 e. The van der Waals surface area contributed by atoms with Crippen LogP contribution in [0.1, 0.15) is 18.9 Å². The molecule has 92 valence electrons. The van der Waals surface area contributed by atoms with Gasteiger partial charge >= 0.3 is 6.18 Å². The van der Waals surface area contributed by atoms with Crippen molar-refractivity contribution in [1.82, 2.24) is 0 Å². The Morgan fingerprint density at radius 3 is 2.59 bits per heavy atom. The molecule has 0 amide bonds. The number of nitrogens with one attached hydrogen (secondary N) is 1. The van der Waals surface area contributed by atoms with Gasteiger partial charge in [-0.25, -0.2) is 0 Å². The lowest BCUT2D eigenvalue weighted by molar-refractivity contribution is -0.136. The zero-order valence-corrected chi connectivity index (χ0v) is 9.17. The second-order valence-electron chi connectivity index (χ2n) is 3.78. The quantitative estimate of drug-likeness (QED) is 0.802. The molecule has 0 aliphatic heterocycles. The molecular weight excluding hydrogens is 231 g/mol. The first-order valence-electron chi connectivity index (χ1n) is 4.95. The predicted molar refractivity (Wildman–Crippen MR) is 59.3 cm³/mol. The number of hydrogen-bond acceptors (Lipinski definition) is 3. The Morgan fingerprint density at radius 1 is 1.47 bits per heavy atom. The molecule has 0 saturated heterocycles. The van der Waals surface area contributed by atoms with Gasteiger partial charge in [0.15, 0.2) is 0 Å². The third kappa shape index (κ3) is 4.23. The molecule has 3 N–H and O–H groups in total. The average Bonchev–Trinajstić information content (AvgIpc) is 2.18. The van der Waals surface area contributed by atoms with Crippen molar-refractivity contribution in [3.63, 3.8) is 0 Å². The molecule has 17 heavy (non-hydrogen) atoms. The van der Waals surface area contributed by atoms with Crippen molar-refractivity contribution in [2.24, 2.45) is 0 Å². The van der Waals surface area contributed by atoms with Gasteiger partial charge in [0.2, 0.25) is 0 Å². The summed E-state index contributed by atoms with van der Waals surface area (Å²) in [4.78, 5) is 0. The van der Waals surface area contributed by atoms with E-state index < -0.39 is 18.6 Å². The van der Waals surface area contributed by atoms with Crippen molar-refractivity contribution in [2.75, 3.05) is 11.1 Å². The van der Waals surface area contributed by atoms with Crippen LogP contribution in [0.4, 0.5) is 24.5 Å². The molecule has 0 aromatic heterocycles.